The van der Waals surface area contributed by atoms with Gasteiger partial charge in [-0.25, -0.2) is 0 Å². The molecule has 0 spiro atoms. The van der Waals surface area contributed by atoms with Crippen molar-refractivity contribution in [2.24, 2.45) is 5.92 Å². The molecule has 0 heterocycles. The van der Waals surface area contributed by atoms with Crippen molar-refractivity contribution in [3.05, 3.63) is 48.0 Å². The van der Waals surface area contributed by atoms with E-state index < -0.39 is 6.36 Å². The zero-order valence-corrected chi connectivity index (χ0v) is 12.8. The van der Waals surface area contributed by atoms with Crippen molar-refractivity contribution in [2.75, 3.05) is 6.61 Å². The molecule has 3 nitrogen and oxygen atoms in total. The first-order valence-electron chi connectivity index (χ1n) is 7.67. The molecule has 0 unspecified atom stereocenters. The van der Waals surface area contributed by atoms with Crippen LogP contribution in [0.1, 0.15) is 18.4 Å². The second-order valence-corrected chi connectivity index (χ2v) is 5.82. The predicted octanol–water partition coefficient (Wildman–Crippen LogP) is 4.53. The number of hydrogen-bond donors (Lipinski definition) is 1. The monoisotopic (exact) mass is 338 g/mol. The second kappa shape index (κ2) is 6.73. The van der Waals surface area contributed by atoms with E-state index in [-0.39, 0.29) is 18.1 Å². The van der Waals surface area contributed by atoms with Gasteiger partial charge in [-0.3, -0.25) is 0 Å². The number of aliphatic hydroxyl groups is 1. The maximum Gasteiger partial charge on any atom is 0.573 e. The Hall–Kier alpha value is -2.21. The summed E-state index contributed by atoms with van der Waals surface area (Å²) < 4.78 is 47.2. The molecular formula is C18H17F3O3. The highest BCUT2D eigenvalue weighted by atomic mass is 19.4. The molecule has 3 rings (SSSR count). The lowest BCUT2D eigenvalue weighted by molar-refractivity contribution is -0.275. The van der Waals surface area contributed by atoms with Crippen LogP contribution in [-0.2, 0) is 6.61 Å². The molecular weight excluding hydrogens is 321 g/mol. The van der Waals surface area contributed by atoms with Crippen LogP contribution in [0.5, 0.6) is 11.5 Å². The molecule has 0 bridgehead atoms. The molecule has 0 amide bonds. The topological polar surface area (TPSA) is 38.7 Å². The van der Waals surface area contributed by atoms with Crippen LogP contribution in [0.2, 0.25) is 0 Å². The number of alkyl halides is 3. The minimum Gasteiger partial charge on any atom is -0.489 e. The fourth-order valence-electron chi connectivity index (χ4n) is 2.30. The first kappa shape index (κ1) is 16.6. The molecule has 1 N–H and O–H groups in total. The third-order valence-corrected chi connectivity index (χ3v) is 3.81. The van der Waals surface area contributed by atoms with Crippen LogP contribution in [0.4, 0.5) is 13.2 Å². The van der Waals surface area contributed by atoms with Gasteiger partial charge in [0.15, 0.2) is 11.5 Å². The Morgan fingerprint density at radius 1 is 0.958 bits per heavy atom. The van der Waals surface area contributed by atoms with Gasteiger partial charge < -0.3 is 14.6 Å². The van der Waals surface area contributed by atoms with Gasteiger partial charge in [0.25, 0.3) is 0 Å². The van der Waals surface area contributed by atoms with Gasteiger partial charge in [0.05, 0.1) is 13.2 Å². The van der Waals surface area contributed by atoms with E-state index in [1.807, 2.05) is 0 Å². The fraction of sp³-hybridized carbons (Fsp3) is 0.333. The first-order valence-corrected chi connectivity index (χ1v) is 7.67. The average molecular weight is 338 g/mol. The molecule has 2 aromatic rings. The van der Waals surface area contributed by atoms with Gasteiger partial charge in [0, 0.05) is 0 Å². The molecule has 0 radical (unpaired) electrons. The van der Waals surface area contributed by atoms with Crippen molar-refractivity contribution in [3.8, 4) is 22.6 Å². The summed E-state index contributed by atoms with van der Waals surface area (Å²) in [6, 6.07) is 11.5. The highest BCUT2D eigenvalue weighted by Gasteiger charge is 2.33. The molecule has 6 heteroatoms. The quantitative estimate of drug-likeness (QED) is 0.841. The van der Waals surface area contributed by atoms with Crippen LogP contribution in [0, 0.1) is 5.92 Å². The van der Waals surface area contributed by atoms with Gasteiger partial charge in [0.1, 0.15) is 0 Å². The molecule has 1 saturated carbocycles. The lowest BCUT2D eigenvalue weighted by atomic mass is 10.0. The Labute approximate surface area is 137 Å². The summed E-state index contributed by atoms with van der Waals surface area (Å²) in [5.41, 5.74) is 2.31. The van der Waals surface area contributed by atoms with Gasteiger partial charge in [-0.2, -0.15) is 0 Å². The second-order valence-electron chi connectivity index (χ2n) is 5.82. The van der Waals surface area contributed by atoms with Gasteiger partial charge in [-0.15, -0.1) is 13.2 Å². The van der Waals surface area contributed by atoms with Crippen LogP contribution in [0.15, 0.2) is 42.5 Å². The molecule has 0 aliphatic heterocycles. The summed E-state index contributed by atoms with van der Waals surface area (Å²) in [6.07, 6.45) is -2.68. The number of ether oxygens (including phenoxy) is 2. The van der Waals surface area contributed by atoms with Gasteiger partial charge in [-0.05, 0) is 47.6 Å². The third kappa shape index (κ3) is 4.41. The van der Waals surface area contributed by atoms with E-state index in [9.17, 15) is 13.2 Å². The fourth-order valence-corrected chi connectivity index (χ4v) is 2.30. The van der Waals surface area contributed by atoms with Crippen LogP contribution in [0.3, 0.4) is 0 Å². The summed E-state index contributed by atoms with van der Waals surface area (Å²) in [4.78, 5) is 0. The molecule has 0 saturated heterocycles. The molecule has 1 fully saturated rings. The molecule has 24 heavy (non-hydrogen) atoms. The van der Waals surface area contributed by atoms with Gasteiger partial charge >= 0.3 is 6.36 Å². The van der Waals surface area contributed by atoms with E-state index in [0.29, 0.717) is 12.5 Å². The van der Waals surface area contributed by atoms with E-state index in [4.69, 9.17) is 9.84 Å². The number of rotatable bonds is 6. The zero-order chi connectivity index (χ0) is 17.2. The highest BCUT2D eigenvalue weighted by molar-refractivity contribution is 5.67. The van der Waals surface area contributed by atoms with Crippen molar-refractivity contribution in [1.29, 1.82) is 0 Å². The predicted molar refractivity (Wildman–Crippen MR) is 82.7 cm³/mol. The van der Waals surface area contributed by atoms with Crippen LogP contribution >= 0.6 is 0 Å². The lowest BCUT2D eigenvalue weighted by Gasteiger charge is -2.15. The third-order valence-electron chi connectivity index (χ3n) is 3.81. The number of benzene rings is 2. The lowest BCUT2D eigenvalue weighted by Crippen LogP contribution is -2.18. The number of halogens is 3. The summed E-state index contributed by atoms with van der Waals surface area (Å²) >= 11 is 0. The molecule has 1 aliphatic carbocycles. The van der Waals surface area contributed by atoms with Crippen LogP contribution in [0.25, 0.3) is 11.1 Å². The van der Waals surface area contributed by atoms with Crippen LogP contribution in [-0.4, -0.2) is 18.1 Å². The number of hydrogen-bond acceptors (Lipinski definition) is 3. The normalized spacial score (nSPS) is 14.5. The van der Waals surface area contributed by atoms with Crippen molar-refractivity contribution in [3.63, 3.8) is 0 Å². The summed E-state index contributed by atoms with van der Waals surface area (Å²) in [6.45, 7) is 0.329. The maximum absolute atomic E-state index is 12.5. The standard InChI is InChI=1S/C18H17F3O3/c19-18(20,21)24-16-8-7-15(9-17(16)23-11-13-1-2-13)14-5-3-12(10-22)4-6-14/h3-9,13,22H,1-2,10-11H2. The summed E-state index contributed by atoms with van der Waals surface area (Å²) in [5.74, 6) is 0.165. The summed E-state index contributed by atoms with van der Waals surface area (Å²) in [5, 5.41) is 9.07. The van der Waals surface area contributed by atoms with E-state index in [1.165, 1.54) is 6.07 Å². The minimum atomic E-state index is -4.76. The van der Waals surface area contributed by atoms with E-state index >= 15 is 0 Å². The largest absolute Gasteiger partial charge is 0.573 e. The highest BCUT2D eigenvalue weighted by Crippen LogP contribution is 2.38. The SMILES string of the molecule is OCc1ccc(-c2ccc(OC(F)(F)F)c(OCC3CC3)c2)cc1. The minimum absolute atomic E-state index is 0.0611. The van der Waals surface area contributed by atoms with Crippen molar-refractivity contribution in [1.82, 2.24) is 0 Å². The van der Waals surface area contributed by atoms with E-state index in [2.05, 4.69) is 4.74 Å². The molecule has 0 atom stereocenters. The van der Waals surface area contributed by atoms with Gasteiger partial charge in [-0.1, -0.05) is 30.3 Å². The van der Waals surface area contributed by atoms with E-state index in [0.717, 1.165) is 29.5 Å². The van der Waals surface area contributed by atoms with E-state index in [1.54, 1.807) is 36.4 Å². The Kier molecular flexibility index (Phi) is 4.66. The Balaban J connectivity index is 1.87. The van der Waals surface area contributed by atoms with Gasteiger partial charge in [0.2, 0.25) is 0 Å². The number of aliphatic hydroxyl groups excluding tert-OH is 1. The Morgan fingerprint density at radius 3 is 2.21 bits per heavy atom. The Bertz CT molecular complexity index is 692. The summed E-state index contributed by atoms with van der Waals surface area (Å²) in [7, 11) is 0. The molecule has 128 valence electrons. The smallest absolute Gasteiger partial charge is 0.489 e. The zero-order valence-electron chi connectivity index (χ0n) is 12.8. The van der Waals surface area contributed by atoms with Crippen molar-refractivity contribution >= 4 is 0 Å². The van der Waals surface area contributed by atoms with Crippen molar-refractivity contribution in [2.45, 2.75) is 25.8 Å². The average Bonchev–Trinajstić information content (AvgIpc) is 3.37. The molecule has 0 aromatic heterocycles. The Morgan fingerprint density at radius 2 is 1.62 bits per heavy atom. The maximum atomic E-state index is 12.5. The van der Waals surface area contributed by atoms with Crippen molar-refractivity contribution < 1.29 is 27.8 Å². The molecule has 2 aromatic carbocycles. The first-order chi connectivity index (χ1) is 11.4. The molecule has 1 aliphatic rings. The van der Waals surface area contributed by atoms with Crippen LogP contribution < -0.4 is 9.47 Å².